The fraction of sp³-hybridized carbons (Fsp3) is 1.00. The molecule has 0 amide bonds. The first-order valence-electron chi connectivity index (χ1n) is 3.79. The van der Waals surface area contributed by atoms with Crippen LogP contribution in [-0.4, -0.2) is 38.8 Å². The number of rotatable bonds is 6. The molecule has 0 spiro atoms. The zero-order chi connectivity index (χ0) is 9.61. The fourth-order valence-electron chi connectivity index (χ4n) is 0.833. The normalized spacial score (nSPS) is 12.5. The Kier molecular flexibility index (Phi) is 6.63. The Morgan fingerprint density at radius 3 is 2.00 bits per heavy atom. The van der Waals surface area contributed by atoms with Crippen molar-refractivity contribution in [3.63, 3.8) is 0 Å². The first-order valence-corrected chi connectivity index (χ1v) is 8.94. The van der Waals surface area contributed by atoms with Crippen LogP contribution in [0.5, 0.6) is 0 Å². The highest BCUT2D eigenvalue weighted by molar-refractivity contribution is 6.73. The van der Waals surface area contributed by atoms with Gasteiger partial charge in [-0.05, 0) is 13.1 Å². The van der Waals surface area contributed by atoms with Gasteiger partial charge >= 0.3 is 8.80 Å². The molecule has 0 saturated heterocycles. The summed E-state index contributed by atoms with van der Waals surface area (Å²) in [4.78, 5) is 0. The van der Waals surface area contributed by atoms with Gasteiger partial charge in [-0.1, -0.05) is 13.3 Å². The predicted molar refractivity (Wildman–Crippen MR) is 53.1 cm³/mol. The quantitative estimate of drug-likeness (QED) is 0.635. The molecule has 0 aromatic carbocycles. The van der Waals surface area contributed by atoms with Crippen molar-refractivity contribution in [1.82, 2.24) is 0 Å². The Morgan fingerprint density at radius 2 is 1.75 bits per heavy atom. The molecule has 0 bridgehead atoms. The van der Waals surface area contributed by atoms with Crippen molar-refractivity contribution in [1.29, 1.82) is 0 Å². The molecule has 0 aliphatic rings. The molecule has 0 aliphatic heterocycles. The lowest BCUT2D eigenvalue weighted by Crippen LogP contribution is -2.47. The summed E-state index contributed by atoms with van der Waals surface area (Å²) in [5, 5.41) is 0. The molecule has 0 aromatic rings. The fourth-order valence-corrected chi connectivity index (χ4v) is 6.78. The Hall–Kier alpha value is 0.748. The van der Waals surface area contributed by atoms with Gasteiger partial charge in [0.05, 0.1) is 0 Å². The van der Waals surface area contributed by atoms with E-state index in [1.807, 2.05) is 0 Å². The summed E-state index contributed by atoms with van der Waals surface area (Å²) in [6, 6.07) is 0.815. The Balaban J connectivity index is 4.13. The topological polar surface area (TPSA) is 27.7 Å². The van der Waals surface area contributed by atoms with Gasteiger partial charge in [0.15, 0.2) is 9.04 Å². The van der Waals surface area contributed by atoms with Crippen LogP contribution in [0.1, 0.15) is 13.3 Å². The van der Waals surface area contributed by atoms with Crippen molar-refractivity contribution in [3.05, 3.63) is 0 Å². The van der Waals surface area contributed by atoms with Gasteiger partial charge in [-0.25, -0.2) is 0 Å². The Labute approximate surface area is 84.0 Å². The standard InChI is InChI=1S/C5H13O3Si4/c1-4-5-12(6-9,7-10)8-11(2)3/h4-5H2,1-3H3. The van der Waals surface area contributed by atoms with Crippen molar-refractivity contribution < 1.29 is 12.3 Å². The molecule has 0 atom stereocenters. The van der Waals surface area contributed by atoms with Gasteiger partial charge in [-0.3, -0.25) is 0 Å². The van der Waals surface area contributed by atoms with Crippen LogP contribution >= 0.6 is 0 Å². The van der Waals surface area contributed by atoms with E-state index in [2.05, 4.69) is 41.0 Å². The highest BCUT2D eigenvalue weighted by atomic mass is 28.5. The molecule has 0 heterocycles. The van der Waals surface area contributed by atoms with Crippen LogP contribution in [0.3, 0.4) is 0 Å². The van der Waals surface area contributed by atoms with Crippen LogP contribution in [0.2, 0.25) is 19.1 Å². The SMILES string of the molecule is CCC[Si](O[Si])(O[Si])O[Si](C)C. The van der Waals surface area contributed by atoms with Crippen molar-refractivity contribution in [3.8, 4) is 0 Å². The van der Waals surface area contributed by atoms with E-state index < -0.39 is 17.8 Å². The van der Waals surface area contributed by atoms with Gasteiger partial charge in [-0.2, -0.15) is 0 Å². The summed E-state index contributed by atoms with van der Waals surface area (Å²) < 4.78 is 15.9. The van der Waals surface area contributed by atoms with Gasteiger partial charge in [-0.15, -0.1) is 0 Å². The minimum Gasteiger partial charge on any atom is -0.416 e. The molecule has 7 radical (unpaired) electrons. The van der Waals surface area contributed by atoms with Crippen LogP contribution in [0, 0.1) is 0 Å². The third-order valence-corrected chi connectivity index (χ3v) is 7.70. The second-order valence-corrected chi connectivity index (χ2v) is 8.78. The smallest absolute Gasteiger partial charge is 0.416 e. The minimum atomic E-state index is -2.43. The summed E-state index contributed by atoms with van der Waals surface area (Å²) in [5.74, 6) is 0. The lowest BCUT2D eigenvalue weighted by atomic mass is 10.6. The molecule has 0 unspecified atom stereocenters. The third kappa shape index (κ3) is 4.12. The van der Waals surface area contributed by atoms with Crippen LogP contribution in [-0.2, 0) is 12.3 Å². The van der Waals surface area contributed by atoms with Crippen molar-refractivity contribution in [2.24, 2.45) is 0 Å². The molecule has 7 heteroatoms. The maximum absolute atomic E-state index is 5.68. The maximum Gasteiger partial charge on any atom is 0.468 e. The van der Waals surface area contributed by atoms with Gasteiger partial charge in [0.25, 0.3) is 0 Å². The molecule has 12 heavy (non-hydrogen) atoms. The Bertz CT molecular complexity index is 117. The van der Waals surface area contributed by atoms with E-state index in [0.29, 0.717) is 0 Å². The molecule has 0 fully saturated rings. The summed E-state index contributed by atoms with van der Waals surface area (Å²) in [5.41, 5.74) is 0. The molecule has 3 nitrogen and oxygen atoms in total. The molecule has 0 N–H and O–H groups in total. The first kappa shape index (κ1) is 12.7. The van der Waals surface area contributed by atoms with Crippen molar-refractivity contribution in [2.75, 3.05) is 0 Å². The molecule has 0 aliphatic carbocycles. The molecule has 67 valence electrons. The van der Waals surface area contributed by atoms with Crippen LogP contribution in [0.15, 0.2) is 0 Å². The van der Waals surface area contributed by atoms with E-state index >= 15 is 0 Å². The molecule has 0 rings (SSSR count). The van der Waals surface area contributed by atoms with E-state index in [0.717, 1.165) is 12.5 Å². The van der Waals surface area contributed by atoms with Gasteiger partial charge in [0, 0.05) is 6.04 Å². The lowest BCUT2D eigenvalue weighted by molar-refractivity contribution is 0.284. The van der Waals surface area contributed by atoms with Crippen LogP contribution in [0.4, 0.5) is 0 Å². The Morgan fingerprint density at radius 1 is 1.25 bits per heavy atom. The van der Waals surface area contributed by atoms with E-state index in [1.165, 1.54) is 0 Å². The second-order valence-electron chi connectivity index (χ2n) is 2.65. The van der Waals surface area contributed by atoms with Gasteiger partial charge in [0.2, 0.25) is 21.0 Å². The zero-order valence-corrected chi connectivity index (χ0v) is 11.6. The van der Waals surface area contributed by atoms with Crippen LogP contribution < -0.4 is 0 Å². The second kappa shape index (κ2) is 6.24. The van der Waals surface area contributed by atoms with Gasteiger partial charge in [0.1, 0.15) is 0 Å². The summed E-state index contributed by atoms with van der Waals surface area (Å²) in [7, 11) is 2.79. The van der Waals surface area contributed by atoms with Crippen molar-refractivity contribution in [2.45, 2.75) is 32.5 Å². The average Bonchev–Trinajstić information content (AvgIpc) is 2.03. The average molecular weight is 233 g/mol. The number of hydrogen-bond donors (Lipinski definition) is 0. The first-order chi connectivity index (χ1) is 5.60. The predicted octanol–water partition coefficient (Wildman–Crippen LogP) is 0.803. The molecular formula is C5H13O3Si4. The molecule has 0 saturated carbocycles. The monoisotopic (exact) mass is 233 g/mol. The van der Waals surface area contributed by atoms with E-state index in [1.54, 1.807) is 0 Å². The minimum absolute atomic E-state index is 0.787. The van der Waals surface area contributed by atoms with Gasteiger partial charge < -0.3 is 12.3 Å². The maximum atomic E-state index is 5.68. The van der Waals surface area contributed by atoms with E-state index in [9.17, 15) is 0 Å². The van der Waals surface area contributed by atoms with Crippen molar-refractivity contribution >= 4 is 38.8 Å². The van der Waals surface area contributed by atoms with E-state index in [-0.39, 0.29) is 0 Å². The number of hydrogen-bond acceptors (Lipinski definition) is 3. The molecule has 0 aromatic heterocycles. The molecular weight excluding hydrogens is 220 g/mol. The largest absolute Gasteiger partial charge is 0.468 e. The lowest BCUT2D eigenvalue weighted by Gasteiger charge is -2.28. The van der Waals surface area contributed by atoms with E-state index in [4.69, 9.17) is 12.3 Å². The van der Waals surface area contributed by atoms with Crippen LogP contribution in [0.25, 0.3) is 0 Å². The highest BCUT2D eigenvalue weighted by Gasteiger charge is 2.37. The summed E-state index contributed by atoms with van der Waals surface area (Å²) >= 11 is 0. The zero-order valence-electron chi connectivity index (χ0n) is 7.64. The third-order valence-electron chi connectivity index (χ3n) is 1.23. The highest BCUT2D eigenvalue weighted by Crippen LogP contribution is 2.16. The summed E-state index contributed by atoms with van der Waals surface area (Å²) in [6.45, 7) is 6.18. The summed E-state index contributed by atoms with van der Waals surface area (Å²) in [6.07, 6.45) is 0.982.